The maximum atomic E-state index is 5.95. The minimum Gasteiger partial charge on any atom is -0.378 e. The van der Waals surface area contributed by atoms with Crippen molar-refractivity contribution in [2.24, 2.45) is 5.10 Å². The number of aryl methyl sites for hydroxylation is 1. The molecule has 1 saturated heterocycles. The Morgan fingerprint density at radius 2 is 2.09 bits per heavy atom. The average Bonchev–Trinajstić information content (AvgIpc) is 2.55. The Bertz CT molecular complexity index is 701. The molecule has 0 radical (unpaired) electrons. The van der Waals surface area contributed by atoms with E-state index in [0.717, 1.165) is 37.7 Å². The standard InChI is InChI=1S/C16H18ClN5O/c1-12-19-15(10-16(20-12)22-5-7-23-8-6-22)21-18-11-13-3-2-4-14(17)9-13/h2-4,9-11H,5-8H2,1H3,(H,19,20,21)/b18-11+. The Morgan fingerprint density at radius 3 is 2.87 bits per heavy atom. The number of benzene rings is 1. The Balaban J connectivity index is 1.71. The van der Waals surface area contributed by atoms with Gasteiger partial charge in [0.2, 0.25) is 0 Å². The van der Waals surface area contributed by atoms with Crippen molar-refractivity contribution in [1.82, 2.24) is 9.97 Å². The molecule has 1 aromatic heterocycles. The lowest BCUT2D eigenvalue weighted by molar-refractivity contribution is 0.122. The topological polar surface area (TPSA) is 62.6 Å². The number of ether oxygens (including phenoxy) is 1. The minimum atomic E-state index is 0.664. The normalized spacial score (nSPS) is 15.1. The highest BCUT2D eigenvalue weighted by atomic mass is 35.5. The Hall–Kier alpha value is -2.18. The van der Waals surface area contributed by atoms with E-state index in [1.807, 2.05) is 37.3 Å². The molecule has 1 aliphatic heterocycles. The van der Waals surface area contributed by atoms with Gasteiger partial charge in [0.05, 0.1) is 19.4 Å². The lowest BCUT2D eigenvalue weighted by Gasteiger charge is -2.28. The van der Waals surface area contributed by atoms with Crippen LogP contribution < -0.4 is 10.3 Å². The summed E-state index contributed by atoms with van der Waals surface area (Å²) in [6, 6.07) is 9.38. The number of nitrogens with zero attached hydrogens (tertiary/aromatic N) is 4. The van der Waals surface area contributed by atoms with Gasteiger partial charge >= 0.3 is 0 Å². The van der Waals surface area contributed by atoms with Gasteiger partial charge in [0.1, 0.15) is 11.6 Å². The number of aromatic nitrogens is 2. The van der Waals surface area contributed by atoms with E-state index in [9.17, 15) is 0 Å². The number of hydrazone groups is 1. The zero-order chi connectivity index (χ0) is 16.1. The van der Waals surface area contributed by atoms with Crippen molar-refractivity contribution in [3.8, 4) is 0 Å². The van der Waals surface area contributed by atoms with Gasteiger partial charge in [0.25, 0.3) is 0 Å². The lowest BCUT2D eigenvalue weighted by atomic mass is 10.2. The SMILES string of the molecule is Cc1nc(N/N=C/c2cccc(Cl)c2)cc(N2CCOCC2)n1. The molecular formula is C16H18ClN5O. The molecule has 0 bridgehead atoms. The van der Waals surface area contributed by atoms with Crippen molar-refractivity contribution in [2.75, 3.05) is 36.6 Å². The molecule has 2 aromatic rings. The van der Waals surface area contributed by atoms with Gasteiger partial charge in [0, 0.05) is 24.2 Å². The Kier molecular flexibility index (Phi) is 5.05. The van der Waals surface area contributed by atoms with Crippen LogP contribution in [0.25, 0.3) is 0 Å². The summed E-state index contributed by atoms with van der Waals surface area (Å²) < 4.78 is 5.37. The molecule has 6 nitrogen and oxygen atoms in total. The van der Waals surface area contributed by atoms with Crippen LogP contribution in [-0.2, 0) is 4.74 Å². The number of morpholine rings is 1. The quantitative estimate of drug-likeness (QED) is 0.689. The molecule has 1 fully saturated rings. The van der Waals surface area contributed by atoms with Crippen molar-refractivity contribution < 1.29 is 4.74 Å². The zero-order valence-electron chi connectivity index (χ0n) is 12.9. The summed E-state index contributed by atoms with van der Waals surface area (Å²) in [6.45, 7) is 4.98. The first-order valence-electron chi connectivity index (χ1n) is 7.44. The second-order valence-electron chi connectivity index (χ2n) is 5.18. The van der Waals surface area contributed by atoms with Crippen LogP contribution >= 0.6 is 11.6 Å². The summed E-state index contributed by atoms with van der Waals surface area (Å²) in [5.41, 5.74) is 3.87. The Labute approximate surface area is 140 Å². The maximum Gasteiger partial charge on any atom is 0.152 e. The predicted molar refractivity (Wildman–Crippen MR) is 92.5 cm³/mol. The van der Waals surface area contributed by atoms with Gasteiger partial charge in [-0.25, -0.2) is 9.97 Å². The van der Waals surface area contributed by atoms with Gasteiger partial charge < -0.3 is 9.64 Å². The first-order valence-corrected chi connectivity index (χ1v) is 7.81. The number of nitrogens with one attached hydrogen (secondary N) is 1. The van der Waals surface area contributed by atoms with Crippen LogP contribution in [0.5, 0.6) is 0 Å². The Morgan fingerprint density at radius 1 is 1.26 bits per heavy atom. The van der Waals surface area contributed by atoms with Crippen molar-refractivity contribution >= 4 is 29.5 Å². The fraction of sp³-hybridized carbons (Fsp3) is 0.312. The molecule has 2 heterocycles. The van der Waals surface area contributed by atoms with Gasteiger partial charge in [-0.3, -0.25) is 5.43 Å². The van der Waals surface area contributed by atoms with Gasteiger partial charge in [-0.05, 0) is 24.6 Å². The molecular weight excluding hydrogens is 314 g/mol. The second-order valence-corrected chi connectivity index (χ2v) is 5.62. The van der Waals surface area contributed by atoms with Crippen molar-refractivity contribution in [2.45, 2.75) is 6.92 Å². The second kappa shape index (κ2) is 7.39. The first kappa shape index (κ1) is 15.7. The summed E-state index contributed by atoms with van der Waals surface area (Å²) in [6.07, 6.45) is 1.71. The van der Waals surface area contributed by atoms with Gasteiger partial charge in [-0.2, -0.15) is 5.10 Å². The molecule has 0 unspecified atom stereocenters. The largest absolute Gasteiger partial charge is 0.378 e. The third-order valence-corrected chi connectivity index (χ3v) is 3.64. The van der Waals surface area contributed by atoms with Crippen LogP contribution in [0.3, 0.4) is 0 Å². The summed E-state index contributed by atoms with van der Waals surface area (Å²) in [5.74, 6) is 2.26. The predicted octanol–water partition coefficient (Wildman–Crippen LogP) is 2.72. The van der Waals surface area contributed by atoms with E-state index < -0.39 is 0 Å². The van der Waals surface area contributed by atoms with E-state index in [-0.39, 0.29) is 0 Å². The lowest BCUT2D eigenvalue weighted by Crippen LogP contribution is -2.36. The monoisotopic (exact) mass is 331 g/mol. The van der Waals surface area contributed by atoms with Gasteiger partial charge in [-0.1, -0.05) is 23.7 Å². The van der Waals surface area contributed by atoms with Crippen LogP contribution in [0.2, 0.25) is 5.02 Å². The molecule has 23 heavy (non-hydrogen) atoms. The molecule has 0 amide bonds. The molecule has 120 valence electrons. The van der Waals surface area contributed by atoms with Crippen LogP contribution in [0.4, 0.5) is 11.6 Å². The third-order valence-electron chi connectivity index (χ3n) is 3.40. The van der Waals surface area contributed by atoms with E-state index in [2.05, 4.69) is 25.4 Å². The number of rotatable bonds is 4. The number of hydrogen-bond donors (Lipinski definition) is 1. The fourth-order valence-corrected chi connectivity index (χ4v) is 2.52. The summed E-state index contributed by atoms with van der Waals surface area (Å²) in [7, 11) is 0. The van der Waals surface area contributed by atoms with Crippen LogP contribution in [0, 0.1) is 6.92 Å². The summed E-state index contributed by atoms with van der Waals surface area (Å²) >= 11 is 5.95. The maximum absolute atomic E-state index is 5.95. The summed E-state index contributed by atoms with van der Waals surface area (Å²) in [4.78, 5) is 11.0. The fourth-order valence-electron chi connectivity index (χ4n) is 2.32. The van der Waals surface area contributed by atoms with E-state index >= 15 is 0 Å². The van der Waals surface area contributed by atoms with E-state index in [4.69, 9.17) is 16.3 Å². The van der Waals surface area contributed by atoms with E-state index in [0.29, 0.717) is 16.7 Å². The molecule has 0 atom stereocenters. The molecule has 1 aromatic carbocycles. The highest BCUT2D eigenvalue weighted by Gasteiger charge is 2.13. The molecule has 1 N–H and O–H groups in total. The highest BCUT2D eigenvalue weighted by Crippen LogP contribution is 2.17. The zero-order valence-corrected chi connectivity index (χ0v) is 13.6. The van der Waals surface area contributed by atoms with E-state index in [1.54, 1.807) is 6.21 Å². The van der Waals surface area contributed by atoms with Gasteiger partial charge in [-0.15, -0.1) is 0 Å². The molecule has 0 saturated carbocycles. The minimum absolute atomic E-state index is 0.664. The summed E-state index contributed by atoms with van der Waals surface area (Å²) in [5, 5.41) is 4.90. The first-order chi connectivity index (χ1) is 11.2. The van der Waals surface area contributed by atoms with Crippen LogP contribution in [-0.4, -0.2) is 42.5 Å². The van der Waals surface area contributed by atoms with Gasteiger partial charge in [0.15, 0.2) is 5.82 Å². The van der Waals surface area contributed by atoms with Crippen molar-refractivity contribution in [3.63, 3.8) is 0 Å². The molecule has 1 aliphatic rings. The average molecular weight is 332 g/mol. The van der Waals surface area contributed by atoms with Crippen LogP contribution in [0.1, 0.15) is 11.4 Å². The molecule has 3 rings (SSSR count). The highest BCUT2D eigenvalue weighted by molar-refractivity contribution is 6.30. The molecule has 0 spiro atoms. The van der Waals surface area contributed by atoms with Crippen LogP contribution in [0.15, 0.2) is 35.4 Å². The number of halogens is 1. The van der Waals surface area contributed by atoms with Crippen molar-refractivity contribution in [3.05, 3.63) is 46.7 Å². The molecule has 0 aliphatic carbocycles. The number of anilines is 2. The molecule has 7 heteroatoms. The van der Waals surface area contributed by atoms with Crippen molar-refractivity contribution in [1.29, 1.82) is 0 Å². The number of hydrogen-bond acceptors (Lipinski definition) is 6. The van der Waals surface area contributed by atoms with E-state index in [1.165, 1.54) is 0 Å². The smallest absolute Gasteiger partial charge is 0.152 e. The third kappa shape index (κ3) is 4.40.